The number of nitrogens with zero attached hydrogens (tertiary/aromatic N) is 1. The normalized spacial score (nSPS) is 11.7. The highest BCUT2D eigenvalue weighted by Crippen LogP contribution is 2.18. The third kappa shape index (κ3) is 8.06. The quantitative estimate of drug-likeness (QED) is 0.371. The van der Waals surface area contributed by atoms with Crippen molar-refractivity contribution in [3.05, 3.63) is 106 Å². The van der Waals surface area contributed by atoms with Crippen molar-refractivity contribution in [3.8, 4) is 0 Å². The molecule has 0 aliphatic carbocycles. The molecule has 3 aromatic carbocycles. The van der Waals surface area contributed by atoms with Crippen molar-refractivity contribution < 1.29 is 14.0 Å². The molecule has 0 fully saturated rings. The van der Waals surface area contributed by atoms with E-state index >= 15 is 0 Å². The molecule has 0 saturated heterocycles. The van der Waals surface area contributed by atoms with Gasteiger partial charge in [-0.1, -0.05) is 85.1 Å². The van der Waals surface area contributed by atoms with Gasteiger partial charge in [0.1, 0.15) is 11.9 Å². The SMILES string of the molecule is CCCCNC(=O)[C@H](Cc1ccccc1)N(Cc1ccc(F)cc1)C(=O)Cc1cc(C)cc(C)c1. The standard InChI is InChI=1S/C30H35FN2O2/c1-4-5-15-32-30(35)28(19-24-9-7-6-8-10-24)33(21-25-11-13-27(31)14-12-25)29(34)20-26-17-22(2)16-23(3)18-26/h6-14,16-18,28H,4-5,15,19-21H2,1-3H3,(H,32,35)/t28-/m0/s1. The summed E-state index contributed by atoms with van der Waals surface area (Å²) in [6.07, 6.45) is 2.43. The largest absolute Gasteiger partial charge is 0.354 e. The first-order chi connectivity index (χ1) is 16.9. The predicted molar refractivity (Wildman–Crippen MR) is 138 cm³/mol. The maximum Gasteiger partial charge on any atom is 0.243 e. The van der Waals surface area contributed by atoms with E-state index in [2.05, 4.69) is 18.3 Å². The van der Waals surface area contributed by atoms with E-state index in [0.29, 0.717) is 13.0 Å². The van der Waals surface area contributed by atoms with Crippen LogP contribution in [-0.2, 0) is 29.0 Å². The van der Waals surface area contributed by atoms with Gasteiger partial charge in [-0.15, -0.1) is 0 Å². The van der Waals surface area contributed by atoms with Crippen molar-refractivity contribution in [2.45, 2.75) is 59.0 Å². The van der Waals surface area contributed by atoms with E-state index in [1.807, 2.05) is 56.3 Å². The summed E-state index contributed by atoms with van der Waals surface area (Å²) in [5, 5.41) is 3.02. The van der Waals surface area contributed by atoms with Gasteiger partial charge in [0.15, 0.2) is 0 Å². The van der Waals surface area contributed by atoms with Crippen LogP contribution in [-0.4, -0.2) is 29.3 Å². The molecule has 0 radical (unpaired) electrons. The minimum Gasteiger partial charge on any atom is -0.354 e. The summed E-state index contributed by atoms with van der Waals surface area (Å²) in [4.78, 5) is 28.8. The van der Waals surface area contributed by atoms with E-state index in [1.165, 1.54) is 12.1 Å². The van der Waals surface area contributed by atoms with Crippen LogP contribution in [0, 0.1) is 19.7 Å². The first-order valence-corrected chi connectivity index (χ1v) is 12.3. The molecule has 0 saturated carbocycles. The maximum atomic E-state index is 13.7. The Bertz CT molecular complexity index is 1090. The zero-order valence-electron chi connectivity index (χ0n) is 20.9. The molecular weight excluding hydrogens is 439 g/mol. The summed E-state index contributed by atoms with van der Waals surface area (Å²) in [5.41, 5.74) is 4.86. The van der Waals surface area contributed by atoms with Gasteiger partial charge in [-0.2, -0.15) is 0 Å². The second-order valence-corrected chi connectivity index (χ2v) is 9.17. The van der Waals surface area contributed by atoms with E-state index in [-0.39, 0.29) is 30.6 Å². The van der Waals surface area contributed by atoms with E-state index < -0.39 is 6.04 Å². The summed E-state index contributed by atoms with van der Waals surface area (Å²) < 4.78 is 13.5. The molecule has 5 heteroatoms. The fraction of sp³-hybridized carbons (Fsp3) is 0.333. The average Bonchev–Trinajstić information content (AvgIpc) is 2.82. The Morgan fingerprint density at radius 3 is 2.17 bits per heavy atom. The number of hydrogen-bond donors (Lipinski definition) is 1. The molecule has 0 bridgehead atoms. The molecule has 0 heterocycles. The van der Waals surface area contributed by atoms with Gasteiger partial charge >= 0.3 is 0 Å². The van der Waals surface area contributed by atoms with Gasteiger partial charge < -0.3 is 10.2 Å². The van der Waals surface area contributed by atoms with Crippen LogP contribution in [0.5, 0.6) is 0 Å². The first kappa shape index (κ1) is 26.1. The molecule has 3 aromatic rings. The van der Waals surface area contributed by atoms with Gasteiger partial charge in [0.05, 0.1) is 6.42 Å². The third-order valence-corrected chi connectivity index (χ3v) is 6.00. The highest BCUT2D eigenvalue weighted by molar-refractivity contribution is 5.88. The second kappa shape index (κ2) is 12.8. The Kier molecular flexibility index (Phi) is 9.59. The molecule has 0 unspecified atom stereocenters. The minimum atomic E-state index is -0.683. The smallest absolute Gasteiger partial charge is 0.243 e. The molecule has 184 valence electrons. The molecule has 1 N–H and O–H groups in total. The number of unbranched alkanes of at least 4 members (excludes halogenated alkanes) is 1. The van der Waals surface area contributed by atoms with Crippen LogP contribution in [0.15, 0.2) is 72.8 Å². The molecule has 2 amide bonds. The lowest BCUT2D eigenvalue weighted by Crippen LogP contribution is -2.51. The molecule has 1 atom stereocenters. The molecule has 0 aromatic heterocycles. The number of rotatable bonds is 11. The molecule has 4 nitrogen and oxygen atoms in total. The highest BCUT2D eigenvalue weighted by atomic mass is 19.1. The number of halogens is 1. The zero-order valence-corrected chi connectivity index (χ0v) is 20.9. The molecule has 0 aliphatic heterocycles. The van der Waals surface area contributed by atoms with Crippen LogP contribution in [0.1, 0.15) is 47.6 Å². The van der Waals surface area contributed by atoms with Gasteiger partial charge in [-0.3, -0.25) is 9.59 Å². The molecule has 0 aliphatic rings. The number of amides is 2. The molecule has 3 rings (SSSR count). The molecule has 0 spiro atoms. The van der Waals surface area contributed by atoms with E-state index in [0.717, 1.165) is 40.7 Å². The summed E-state index contributed by atoms with van der Waals surface area (Å²) in [6.45, 7) is 6.88. The lowest BCUT2D eigenvalue weighted by Gasteiger charge is -2.32. The Hall–Kier alpha value is -3.47. The Labute approximate surface area is 208 Å². The van der Waals surface area contributed by atoms with Crippen molar-refractivity contribution in [1.29, 1.82) is 0 Å². The van der Waals surface area contributed by atoms with Crippen LogP contribution < -0.4 is 5.32 Å². The van der Waals surface area contributed by atoms with Gasteiger partial charge in [-0.05, 0) is 49.1 Å². The summed E-state index contributed by atoms with van der Waals surface area (Å²) in [7, 11) is 0. The Morgan fingerprint density at radius 1 is 0.886 bits per heavy atom. The van der Waals surface area contributed by atoms with Crippen LogP contribution in [0.25, 0.3) is 0 Å². The Morgan fingerprint density at radius 2 is 1.54 bits per heavy atom. The number of carbonyl (C=O) groups excluding carboxylic acids is 2. The summed E-state index contributed by atoms with van der Waals surface area (Å²) in [5.74, 6) is -0.635. The van der Waals surface area contributed by atoms with Crippen LogP contribution in [0.4, 0.5) is 4.39 Å². The van der Waals surface area contributed by atoms with Gasteiger partial charge in [-0.25, -0.2) is 4.39 Å². The van der Waals surface area contributed by atoms with Crippen molar-refractivity contribution in [2.75, 3.05) is 6.54 Å². The number of aryl methyl sites for hydroxylation is 2. The van der Waals surface area contributed by atoms with Gasteiger partial charge in [0.2, 0.25) is 11.8 Å². The number of carbonyl (C=O) groups is 2. The van der Waals surface area contributed by atoms with Crippen LogP contribution >= 0.6 is 0 Å². The number of hydrogen-bond acceptors (Lipinski definition) is 2. The highest BCUT2D eigenvalue weighted by Gasteiger charge is 2.30. The summed E-state index contributed by atoms with van der Waals surface area (Å²) in [6, 6.07) is 21.2. The molecule has 35 heavy (non-hydrogen) atoms. The van der Waals surface area contributed by atoms with Crippen LogP contribution in [0.3, 0.4) is 0 Å². The second-order valence-electron chi connectivity index (χ2n) is 9.17. The molecular formula is C30H35FN2O2. The van der Waals surface area contributed by atoms with Gasteiger partial charge in [0.25, 0.3) is 0 Å². The average molecular weight is 475 g/mol. The summed E-state index contributed by atoms with van der Waals surface area (Å²) >= 11 is 0. The van der Waals surface area contributed by atoms with Gasteiger partial charge in [0, 0.05) is 19.5 Å². The first-order valence-electron chi connectivity index (χ1n) is 12.3. The fourth-order valence-electron chi connectivity index (χ4n) is 4.29. The third-order valence-electron chi connectivity index (χ3n) is 6.00. The lowest BCUT2D eigenvalue weighted by atomic mass is 10.00. The van der Waals surface area contributed by atoms with E-state index in [4.69, 9.17) is 0 Å². The van der Waals surface area contributed by atoms with Crippen molar-refractivity contribution in [1.82, 2.24) is 10.2 Å². The van der Waals surface area contributed by atoms with Crippen molar-refractivity contribution in [3.63, 3.8) is 0 Å². The van der Waals surface area contributed by atoms with Crippen molar-refractivity contribution in [2.24, 2.45) is 0 Å². The maximum absolute atomic E-state index is 13.7. The fourth-order valence-corrected chi connectivity index (χ4v) is 4.29. The van der Waals surface area contributed by atoms with E-state index in [1.54, 1.807) is 17.0 Å². The van der Waals surface area contributed by atoms with E-state index in [9.17, 15) is 14.0 Å². The minimum absolute atomic E-state index is 0.133. The lowest BCUT2D eigenvalue weighted by molar-refractivity contribution is -0.140. The van der Waals surface area contributed by atoms with Crippen molar-refractivity contribution >= 4 is 11.8 Å². The Balaban J connectivity index is 1.95. The topological polar surface area (TPSA) is 49.4 Å². The zero-order chi connectivity index (χ0) is 25.2. The number of benzene rings is 3. The van der Waals surface area contributed by atoms with Crippen LogP contribution in [0.2, 0.25) is 0 Å². The number of nitrogens with one attached hydrogen (secondary N) is 1. The predicted octanol–water partition coefficient (Wildman–Crippen LogP) is 5.54. The monoisotopic (exact) mass is 474 g/mol.